The molecule has 0 bridgehead atoms. The zero-order valence-corrected chi connectivity index (χ0v) is 10.1. The minimum absolute atomic E-state index is 0.973. The van der Waals surface area contributed by atoms with Gasteiger partial charge < -0.3 is 4.42 Å². The van der Waals surface area contributed by atoms with Gasteiger partial charge in [0.25, 0.3) is 0 Å². The van der Waals surface area contributed by atoms with Crippen molar-refractivity contribution in [1.29, 1.82) is 0 Å². The number of hydrogen-bond acceptors (Lipinski definition) is 1. The lowest BCUT2D eigenvalue weighted by Gasteiger charge is -1.98. The van der Waals surface area contributed by atoms with Crippen LogP contribution in [-0.2, 0) is 0 Å². The molecular formula is C16H11BO. The Morgan fingerprint density at radius 1 is 0.778 bits per heavy atom. The van der Waals surface area contributed by atoms with E-state index in [1.165, 1.54) is 27.0 Å². The molecule has 0 saturated carbocycles. The van der Waals surface area contributed by atoms with E-state index in [0.29, 0.717) is 0 Å². The fourth-order valence-electron chi connectivity index (χ4n) is 2.73. The average Bonchev–Trinajstić information content (AvgIpc) is 2.79. The Morgan fingerprint density at radius 3 is 2.61 bits per heavy atom. The molecule has 1 aromatic heterocycles. The summed E-state index contributed by atoms with van der Waals surface area (Å²) in [6.45, 7) is 0. The highest BCUT2D eigenvalue weighted by molar-refractivity contribution is 6.41. The van der Waals surface area contributed by atoms with Gasteiger partial charge in [0.2, 0.25) is 0 Å². The van der Waals surface area contributed by atoms with Crippen molar-refractivity contribution in [1.82, 2.24) is 0 Å². The normalized spacial score (nSPS) is 11.6. The highest BCUT2D eigenvalue weighted by Gasteiger charge is 2.10. The quantitative estimate of drug-likeness (QED) is 0.423. The number of rotatable bonds is 0. The second-order valence-corrected chi connectivity index (χ2v) is 4.71. The summed E-state index contributed by atoms with van der Waals surface area (Å²) in [6.07, 6.45) is 0. The third-order valence-electron chi connectivity index (χ3n) is 3.60. The summed E-state index contributed by atoms with van der Waals surface area (Å²) in [7, 11) is 2.13. The molecule has 0 aliphatic carbocycles. The molecule has 1 nitrogen and oxygen atoms in total. The van der Waals surface area contributed by atoms with E-state index in [2.05, 4.69) is 50.3 Å². The van der Waals surface area contributed by atoms with Crippen molar-refractivity contribution in [3.63, 3.8) is 0 Å². The van der Waals surface area contributed by atoms with Gasteiger partial charge in [-0.1, -0.05) is 47.9 Å². The summed E-state index contributed by atoms with van der Waals surface area (Å²) in [5.41, 5.74) is 3.24. The molecule has 0 spiro atoms. The van der Waals surface area contributed by atoms with Crippen LogP contribution in [0.5, 0.6) is 0 Å². The third-order valence-corrected chi connectivity index (χ3v) is 3.60. The standard InChI is InChI=1S/C16H11BO/c17-13-6-3-7-14-15(13)12-9-8-10-4-1-2-5-11(10)16(12)18-14/h1-9H,17H2. The molecule has 84 valence electrons. The van der Waals surface area contributed by atoms with Gasteiger partial charge in [-0.3, -0.25) is 0 Å². The molecule has 0 fully saturated rings. The van der Waals surface area contributed by atoms with Crippen molar-refractivity contribution < 1.29 is 4.42 Å². The fourth-order valence-corrected chi connectivity index (χ4v) is 2.73. The molecular weight excluding hydrogens is 219 g/mol. The van der Waals surface area contributed by atoms with Crippen molar-refractivity contribution in [3.8, 4) is 0 Å². The Bertz CT molecular complexity index is 889. The maximum absolute atomic E-state index is 6.05. The molecule has 1 heterocycles. The Balaban J connectivity index is 2.34. The second kappa shape index (κ2) is 3.39. The van der Waals surface area contributed by atoms with E-state index in [1.54, 1.807) is 0 Å². The lowest BCUT2D eigenvalue weighted by atomic mass is 9.91. The maximum atomic E-state index is 6.05. The van der Waals surface area contributed by atoms with Crippen LogP contribution in [0.3, 0.4) is 0 Å². The molecule has 0 radical (unpaired) electrons. The minimum atomic E-state index is 0.973. The predicted octanol–water partition coefficient (Wildman–Crippen LogP) is 3.00. The number of fused-ring (bicyclic) bond motifs is 5. The maximum Gasteiger partial charge on any atom is 0.143 e. The number of furan rings is 1. The van der Waals surface area contributed by atoms with Crippen LogP contribution < -0.4 is 5.46 Å². The van der Waals surface area contributed by atoms with Crippen LogP contribution in [0, 0.1) is 0 Å². The van der Waals surface area contributed by atoms with Gasteiger partial charge in [-0.05, 0) is 17.5 Å². The largest absolute Gasteiger partial charge is 0.455 e. The van der Waals surface area contributed by atoms with Crippen molar-refractivity contribution in [2.45, 2.75) is 0 Å². The fraction of sp³-hybridized carbons (Fsp3) is 0. The smallest absolute Gasteiger partial charge is 0.143 e. The van der Waals surface area contributed by atoms with Gasteiger partial charge in [0.05, 0.1) is 0 Å². The molecule has 4 aromatic rings. The Morgan fingerprint density at radius 2 is 1.67 bits per heavy atom. The van der Waals surface area contributed by atoms with Gasteiger partial charge >= 0.3 is 0 Å². The van der Waals surface area contributed by atoms with E-state index in [9.17, 15) is 0 Å². The van der Waals surface area contributed by atoms with Crippen LogP contribution in [0.1, 0.15) is 0 Å². The van der Waals surface area contributed by atoms with Gasteiger partial charge in [-0.25, -0.2) is 0 Å². The molecule has 0 unspecified atom stereocenters. The first-order chi connectivity index (χ1) is 8.84. The first-order valence-corrected chi connectivity index (χ1v) is 6.14. The van der Waals surface area contributed by atoms with Gasteiger partial charge in [0, 0.05) is 16.2 Å². The number of benzene rings is 3. The first kappa shape index (κ1) is 9.78. The molecule has 0 N–H and O–H groups in total. The lowest BCUT2D eigenvalue weighted by molar-refractivity contribution is 0.673. The van der Waals surface area contributed by atoms with E-state index < -0.39 is 0 Å². The van der Waals surface area contributed by atoms with Gasteiger partial charge in [-0.15, -0.1) is 0 Å². The van der Waals surface area contributed by atoms with Crippen molar-refractivity contribution in [2.24, 2.45) is 0 Å². The molecule has 0 saturated heterocycles. The zero-order valence-electron chi connectivity index (χ0n) is 10.1. The Labute approximate surface area is 105 Å². The average molecular weight is 230 g/mol. The topological polar surface area (TPSA) is 13.1 Å². The van der Waals surface area contributed by atoms with E-state index in [1.807, 2.05) is 12.1 Å². The van der Waals surface area contributed by atoms with Crippen LogP contribution in [0.4, 0.5) is 0 Å². The SMILES string of the molecule is Bc1cccc2oc3c4ccccc4ccc3c12. The first-order valence-electron chi connectivity index (χ1n) is 6.14. The zero-order chi connectivity index (χ0) is 12.1. The lowest BCUT2D eigenvalue weighted by Crippen LogP contribution is -2.00. The van der Waals surface area contributed by atoms with Crippen LogP contribution in [0.2, 0.25) is 0 Å². The van der Waals surface area contributed by atoms with Gasteiger partial charge in [-0.2, -0.15) is 0 Å². The van der Waals surface area contributed by atoms with Crippen LogP contribution in [-0.4, -0.2) is 7.85 Å². The van der Waals surface area contributed by atoms with Crippen molar-refractivity contribution >= 4 is 46.0 Å². The molecule has 0 amide bonds. The summed E-state index contributed by atoms with van der Waals surface area (Å²) in [5.74, 6) is 0. The second-order valence-electron chi connectivity index (χ2n) is 4.71. The molecule has 4 rings (SSSR count). The number of hydrogen-bond donors (Lipinski definition) is 0. The summed E-state index contributed by atoms with van der Waals surface area (Å²) < 4.78 is 6.05. The molecule has 0 aliphatic rings. The van der Waals surface area contributed by atoms with Crippen LogP contribution in [0.25, 0.3) is 32.7 Å². The molecule has 18 heavy (non-hydrogen) atoms. The molecule has 3 aromatic carbocycles. The molecule has 2 heteroatoms. The van der Waals surface area contributed by atoms with E-state index in [0.717, 1.165) is 11.2 Å². The van der Waals surface area contributed by atoms with E-state index >= 15 is 0 Å². The molecule has 0 atom stereocenters. The van der Waals surface area contributed by atoms with Crippen molar-refractivity contribution in [2.75, 3.05) is 0 Å². The summed E-state index contributed by atoms with van der Waals surface area (Å²) in [4.78, 5) is 0. The van der Waals surface area contributed by atoms with E-state index in [-0.39, 0.29) is 0 Å². The van der Waals surface area contributed by atoms with Gasteiger partial charge in [0.1, 0.15) is 19.0 Å². The van der Waals surface area contributed by atoms with E-state index in [4.69, 9.17) is 4.42 Å². The minimum Gasteiger partial charge on any atom is -0.455 e. The van der Waals surface area contributed by atoms with Crippen LogP contribution in [0.15, 0.2) is 59.0 Å². The predicted molar refractivity (Wildman–Crippen MR) is 79.4 cm³/mol. The third kappa shape index (κ3) is 1.18. The molecule has 0 aliphatic heterocycles. The monoisotopic (exact) mass is 230 g/mol. The van der Waals surface area contributed by atoms with Crippen LogP contribution >= 0.6 is 0 Å². The van der Waals surface area contributed by atoms with Gasteiger partial charge in [0.15, 0.2) is 0 Å². The van der Waals surface area contributed by atoms with Crippen molar-refractivity contribution in [3.05, 3.63) is 54.6 Å². The highest BCUT2D eigenvalue weighted by atomic mass is 16.3. The Kier molecular flexibility index (Phi) is 1.84. The highest BCUT2D eigenvalue weighted by Crippen LogP contribution is 2.32. The summed E-state index contributed by atoms with van der Waals surface area (Å²) >= 11 is 0. The Hall–Kier alpha value is -2.22. The summed E-state index contributed by atoms with van der Waals surface area (Å²) in [6, 6.07) is 18.9. The summed E-state index contributed by atoms with van der Waals surface area (Å²) in [5, 5.41) is 4.85.